The Morgan fingerprint density at radius 2 is 2.05 bits per heavy atom. The molecule has 0 spiro atoms. The van der Waals surface area contributed by atoms with Gasteiger partial charge in [-0.25, -0.2) is 4.39 Å². The molecule has 3 N–H and O–H groups in total. The van der Waals surface area contributed by atoms with Crippen LogP contribution >= 0.6 is 0 Å². The van der Waals surface area contributed by atoms with Crippen LogP contribution in [0.1, 0.15) is 15.9 Å². The Morgan fingerprint density at radius 1 is 1.37 bits per heavy atom. The Balaban J connectivity index is 2.82. The normalized spacial score (nSPS) is 10.6. The summed E-state index contributed by atoms with van der Waals surface area (Å²) in [5, 5.41) is 1.58. The van der Waals surface area contributed by atoms with E-state index in [-0.39, 0.29) is 12.1 Å². The van der Waals surface area contributed by atoms with Gasteiger partial charge in [0.1, 0.15) is 12.4 Å². The van der Waals surface area contributed by atoms with E-state index >= 15 is 0 Å². The molecule has 0 heterocycles. The lowest BCUT2D eigenvalue weighted by Gasteiger charge is -2.08. The molecule has 7 heteroatoms. The summed E-state index contributed by atoms with van der Waals surface area (Å²) in [7, 11) is 0. The van der Waals surface area contributed by atoms with E-state index in [2.05, 4.69) is 11.8 Å². The predicted octanol–water partition coefficient (Wildman–Crippen LogP) is 1.43. The van der Waals surface area contributed by atoms with Crippen molar-refractivity contribution in [2.24, 2.45) is 5.73 Å². The van der Waals surface area contributed by atoms with Crippen LogP contribution in [-0.4, -0.2) is 25.2 Å². The fourth-order valence-electron chi connectivity index (χ4n) is 1.21. The molecule has 0 unspecified atom stereocenters. The summed E-state index contributed by atoms with van der Waals surface area (Å²) in [6.45, 7) is -1.42. The molecule has 1 aromatic rings. The lowest BCUT2D eigenvalue weighted by molar-refractivity contribution is -0.123. The van der Waals surface area contributed by atoms with E-state index in [0.29, 0.717) is 0 Å². The molecule has 1 aromatic carbocycles. The van der Waals surface area contributed by atoms with E-state index in [1.165, 1.54) is 6.07 Å². The average Bonchev–Trinajstić information content (AvgIpc) is 2.32. The summed E-state index contributed by atoms with van der Waals surface area (Å²) in [5.41, 5.74) is 4.95. The fourth-order valence-corrected chi connectivity index (χ4v) is 1.21. The van der Waals surface area contributed by atoms with Gasteiger partial charge in [-0.3, -0.25) is 4.79 Å². The second-order valence-electron chi connectivity index (χ2n) is 3.50. The summed E-state index contributed by atoms with van der Waals surface area (Å²) < 4.78 is 49.2. The molecule has 1 rings (SSSR count). The van der Waals surface area contributed by atoms with Gasteiger partial charge in [-0.15, -0.1) is 0 Å². The Labute approximate surface area is 106 Å². The van der Waals surface area contributed by atoms with Crippen LogP contribution in [0.2, 0.25) is 0 Å². The van der Waals surface area contributed by atoms with E-state index in [0.717, 1.165) is 12.1 Å². The average molecular weight is 274 g/mol. The summed E-state index contributed by atoms with van der Waals surface area (Å²) in [6, 6.07) is 3.36. The molecule has 102 valence electrons. The number of nitrogens with two attached hydrogens (primary N) is 1. The minimum Gasteiger partial charge on any atom is -0.343 e. The predicted molar refractivity (Wildman–Crippen MR) is 60.7 cm³/mol. The molecule has 19 heavy (non-hydrogen) atoms. The standard InChI is InChI=1S/C12H10F4N2O/c13-10-6-8(2-1-5-17)3-4-9(10)11(19)18-7-12(14,15)16/h3-4,6H,5,7,17H2,(H,18,19). The molecular weight excluding hydrogens is 264 g/mol. The van der Waals surface area contributed by atoms with Gasteiger partial charge >= 0.3 is 6.18 Å². The topological polar surface area (TPSA) is 55.1 Å². The Hall–Kier alpha value is -2.07. The molecular formula is C12H10F4N2O. The number of halogens is 4. The van der Waals surface area contributed by atoms with Gasteiger partial charge in [0.2, 0.25) is 0 Å². The number of hydrogen-bond donors (Lipinski definition) is 2. The molecule has 1 amide bonds. The zero-order valence-corrected chi connectivity index (χ0v) is 9.64. The second-order valence-corrected chi connectivity index (χ2v) is 3.50. The highest BCUT2D eigenvalue weighted by atomic mass is 19.4. The number of alkyl halides is 3. The van der Waals surface area contributed by atoms with Crippen molar-refractivity contribution in [1.29, 1.82) is 0 Å². The van der Waals surface area contributed by atoms with Crippen LogP contribution in [0.4, 0.5) is 17.6 Å². The van der Waals surface area contributed by atoms with Crippen LogP contribution in [-0.2, 0) is 0 Å². The minimum atomic E-state index is -4.54. The van der Waals surface area contributed by atoms with Crippen molar-refractivity contribution in [3.63, 3.8) is 0 Å². The van der Waals surface area contributed by atoms with Gasteiger partial charge in [-0.1, -0.05) is 11.8 Å². The highest BCUT2D eigenvalue weighted by molar-refractivity contribution is 5.94. The first-order chi connectivity index (χ1) is 8.83. The molecule has 0 saturated heterocycles. The van der Waals surface area contributed by atoms with Crippen molar-refractivity contribution in [1.82, 2.24) is 5.32 Å². The van der Waals surface area contributed by atoms with Gasteiger partial charge in [0.05, 0.1) is 12.1 Å². The fraction of sp³-hybridized carbons (Fsp3) is 0.250. The van der Waals surface area contributed by atoms with Crippen molar-refractivity contribution in [2.45, 2.75) is 6.18 Å². The molecule has 0 aliphatic heterocycles. The summed E-state index contributed by atoms with van der Waals surface area (Å²) in [4.78, 5) is 11.3. The molecule has 0 saturated carbocycles. The molecule has 0 aliphatic rings. The van der Waals surface area contributed by atoms with E-state index < -0.39 is 30.0 Å². The molecule has 0 bridgehead atoms. The van der Waals surface area contributed by atoms with Crippen molar-refractivity contribution >= 4 is 5.91 Å². The van der Waals surface area contributed by atoms with Crippen LogP contribution in [0.5, 0.6) is 0 Å². The van der Waals surface area contributed by atoms with Gasteiger partial charge in [0, 0.05) is 5.56 Å². The Kier molecular flexibility index (Phi) is 4.89. The van der Waals surface area contributed by atoms with Crippen LogP contribution in [0.25, 0.3) is 0 Å². The lowest BCUT2D eigenvalue weighted by atomic mass is 10.1. The first kappa shape index (κ1) is 15.0. The van der Waals surface area contributed by atoms with Crippen LogP contribution in [0.3, 0.4) is 0 Å². The lowest BCUT2D eigenvalue weighted by Crippen LogP contribution is -2.34. The maximum Gasteiger partial charge on any atom is 0.405 e. The van der Waals surface area contributed by atoms with Gasteiger partial charge in [0.15, 0.2) is 0 Å². The Bertz CT molecular complexity index is 529. The largest absolute Gasteiger partial charge is 0.405 e. The van der Waals surface area contributed by atoms with Gasteiger partial charge in [-0.2, -0.15) is 13.2 Å². The third-order valence-electron chi connectivity index (χ3n) is 2.00. The Morgan fingerprint density at radius 3 is 2.58 bits per heavy atom. The molecule has 3 nitrogen and oxygen atoms in total. The second kappa shape index (κ2) is 6.20. The molecule has 0 aromatic heterocycles. The number of carbonyl (C=O) groups is 1. The number of rotatable bonds is 2. The highest BCUT2D eigenvalue weighted by Gasteiger charge is 2.28. The molecule has 0 atom stereocenters. The smallest absolute Gasteiger partial charge is 0.343 e. The van der Waals surface area contributed by atoms with Gasteiger partial charge in [0.25, 0.3) is 5.91 Å². The van der Waals surface area contributed by atoms with Crippen LogP contribution in [0.15, 0.2) is 18.2 Å². The monoisotopic (exact) mass is 274 g/mol. The maximum atomic E-state index is 13.5. The van der Waals surface area contributed by atoms with Crippen molar-refractivity contribution in [3.05, 3.63) is 35.1 Å². The summed E-state index contributed by atoms with van der Waals surface area (Å²) in [5.74, 6) is 2.96. The van der Waals surface area contributed by atoms with Crippen molar-refractivity contribution in [3.8, 4) is 11.8 Å². The summed E-state index contributed by atoms with van der Waals surface area (Å²) in [6.07, 6.45) is -4.54. The van der Waals surface area contributed by atoms with E-state index in [4.69, 9.17) is 5.73 Å². The SMILES string of the molecule is NCC#Cc1ccc(C(=O)NCC(F)(F)F)c(F)c1. The van der Waals surface area contributed by atoms with Crippen molar-refractivity contribution in [2.75, 3.05) is 13.1 Å². The number of nitrogens with one attached hydrogen (secondary N) is 1. The van der Waals surface area contributed by atoms with Crippen molar-refractivity contribution < 1.29 is 22.4 Å². The number of carbonyl (C=O) groups excluding carboxylic acids is 1. The minimum absolute atomic E-state index is 0.0927. The quantitative estimate of drug-likeness (QED) is 0.633. The maximum absolute atomic E-state index is 13.5. The molecule has 0 fully saturated rings. The highest BCUT2D eigenvalue weighted by Crippen LogP contribution is 2.14. The number of benzene rings is 1. The van der Waals surface area contributed by atoms with Gasteiger partial charge in [-0.05, 0) is 18.2 Å². The number of hydrogen-bond acceptors (Lipinski definition) is 2. The van der Waals surface area contributed by atoms with E-state index in [1.807, 2.05) is 0 Å². The van der Waals surface area contributed by atoms with Gasteiger partial charge < -0.3 is 11.1 Å². The zero-order chi connectivity index (χ0) is 14.5. The van der Waals surface area contributed by atoms with E-state index in [9.17, 15) is 22.4 Å². The van der Waals surface area contributed by atoms with E-state index in [1.54, 1.807) is 5.32 Å². The third kappa shape index (κ3) is 4.97. The third-order valence-corrected chi connectivity index (χ3v) is 2.00. The summed E-state index contributed by atoms with van der Waals surface area (Å²) >= 11 is 0. The molecule has 0 radical (unpaired) electrons. The zero-order valence-electron chi connectivity index (χ0n) is 9.64. The first-order valence-electron chi connectivity index (χ1n) is 5.17. The number of amides is 1. The van der Waals surface area contributed by atoms with Crippen LogP contribution < -0.4 is 11.1 Å². The molecule has 0 aliphatic carbocycles. The first-order valence-corrected chi connectivity index (χ1v) is 5.17. The van der Waals surface area contributed by atoms with Crippen LogP contribution in [0, 0.1) is 17.7 Å².